The summed E-state index contributed by atoms with van der Waals surface area (Å²) in [5.41, 5.74) is 2.21. The van der Waals surface area contributed by atoms with E-state index in [9.17, 15) is 4.39 Å². The summed E-state index contributed by atoms with van der Waals surface area (Å²) >= 11 is 0. The third kappa shape index (κ3) is 3.36. The highest BCUT2D eigenvalue weighted by molar-refractivity contribution is 5.55. The van der Waals surface area contributed by atoms with Gasteiger partial charge in [-0.1, -0.05) is 0 Å². The summed E-state index contributed by atoms with van der Waals surface area (Å²) in [4.78, 5) is 4.93. The van der Waals surface area contributed by atoms with Gasteiger partial charge in [-0.05, 0) is 37.2 Å². The Kier molecular flexibility index (Phi) is 4.73. The molecule has 3 rings (SSSR count). The summed E-state index contributed by atoms with van der Waals surface area (Å²) in [5, 5.41) is 3.13. The van der Waals surface area contributed by atoms with Gasteiger partial charge in [-0.15, -0.1) is 0 Å². The molecule has 2 heterocycles. The first-order chi connectivity index (χ1) is 10.3. The van der Waals surface area contributed by atoms with E-state index in [0.29, 0.717) is 12.6 Å². The van der Waals surface area contributed by atoms with Gasteiger partial charge in [-0.2, -0.15) is 0 Å². The van der Waals surface area contributed by atoms with Crippen molar-refractivity contribution in [3.63, 3.8) is 0 Å². The molecule has 5 heteroatoms. The van der Waals surface area contributed by atoms with Crippen LogP contribution in [0.25, 0.3) is 0 Å². The Bertz CT molecular complexity index is 477. The predicted molar refractivity (Wildman–Crippen MR) is 82.2 cm³/mol. The molecule has 2 saturated heterocycles. The van der Waals surface area contributed by atoms with E-state index in [1.807, 2.05) is 13.1 Å². The molecule has 21 heavy (non-hydrogen) atoms. The van der Waals surface area contributed by atoms with Crippen LogP contribution in [0.3, 0.4) is 0 Å². The predicted octanol–water partition coefficient (Wildman–Crippen LogP) is 1.46. The van der Waals surface area contributed by atoms with E-state index >= 15 is 0 Å². The lowest BCUT2D eigenvalue weighted by molar-refractivity contribution is 0.0209. The van der Waals surface area contributed by atoms with Crippen molar-refractivity contribution in [3.05, 3.63) is 29.6 Å². The highest BCUT2D eigenvalue weighted by atomic mass is 19.1. The van der Waals surface area contributed by atoms with E-state index in [2.05, 4.69) is 15.1 Å². The number of halogens is 1. The van der Waals surface area contributed by atoms with Crippen LogP contribution in [0.4, 0.5) is 10.1 Å². The van der Waals surface area contributed by atoms with Crippen LogP contribution in [0.5, 0.6) is 0 Å². The van der Waals surface area contributed by atoms with Gasteiger partial charge in [0.1, 0.15) is 5.82 Å². The van der Waals surface area contributed by atoms with Gasteiger partial charge in [0.2, 0.25) is 0 Å². The molecule has 2 aliphatic heterocycles. The molecular formula is C16H24FN3O. The molecule has 0 amide bonds. The van der Waals surface area contributed by atoms with Crippen LogP contribution in [0.2, 0.25) is 0 Å². The van der Waals surface area contributed by atoms with Gasteiger partial charge >= 0.3 is 0 Å². The van der Waals surface area contributed by atoms with Crippen molar-refractivity contribution < 1.29 is 9.13 Å². The molecule has 0 radical (unpaired) electrons. The second kappa shape index (κ2) is 6.73. The number of hydrogen-bond acceptors (Lipinski definition) is 4. The number of ether oxygens (including phenoxy) is 1. The number of anilines is 1. The van der Waals surface area contributed by atoms with E-state index < -0.39 is 0 Å². The zero-order valence-electron chi connectivity index (χ0n) is 12.6. The van der Waals surface area contributed by atoms with Crippen LogP contribution in [-0.4, -0.2) is 57.4 Å². The van der Waals surface area contributed by atoms with Gasteiger partial charge in [0.25, 0.3) is 0 Å². The number of nitrogens with zero attached hydrogens (tertiary/aromatic N) is 2. The fourth-order valence-electron chi connectivity index (χ4n) is 3.40. The maximum atomic E-state index is 13.5. The van der Waals surface area contributed by atoms with Gasteiger partial charge < -0.3 is 15.0 Å². The lowest BCUT2D eigenvalue weighted by Crippen LogP contribution is -2.44. The number of morpholine rings is 1. The Morgan fingerprint density at radius 3 is 2.86 bits per heavy atom. The smallest absolute Gasteiger partial charge is 0.123 e. The van der Waals surface area contributed by atoms with Crippen molar-refractivity contribution in [3.8, 4) is 0 Å². The maximum absolute atomic E-state index is 13.5. The molecule has 116 valence electrons. The molecule has 1 aromatic carbocycles. The minimum absolute atomic E-state index is 0.159. The van der Waals surface area contributed by atoms with Gasteiger partial charge in [-0.25, -0.2) is 4.39 Å². The van der Waals surface area contributed by atoms with Crippen molar-refractivity contribution in [1.29, 1.82) is 0 Å². The molecule has 0 bridgehead atoms. The summed E-state index contributed by atoms with van der Waals surface area (Å²) in [5.74, 6) is -0.159. The van der Waals surface area contributed by atoms with Crippen molar-refractivity contribution in [2.75, 3.05) is 51.3 Å². The zero-order chi connectivity index (χ0) is 14.7. The highest BCUT2D eigenvalue weighted by Gasteiger charge is 2.29. The van der Waals surface area contributed by atoms with Crippen LogP contribution in [0.1, 0.15) is 12.0 Å². The van der Waals surface area contributed by atoms with E-state index in [1.54, 1.807) is 12.1 Å². The lowest BCUT2D eigenvalue weighted by Gasteiger charge is -2.32. The molecule has 1 unspecified atom stereocenters. The normalized spacial score (nSPS) is 23.7. The molecule has 0 saturated carbocycles. The Morgan fingerprint density at radius 2 is 2.10 bits per heavy atom. The second-order valence-electron chi connectivity index (χ2n) is 5.84. The fraction of sp³-hybridized carbons (Fsp3) is 0.625. The maximum Gasteiger partial charge on any atom is 0.123 e. The molecule has 4 nitrogen and oxygen atoms in total. The van der Waals surface area contributed by atoms with Crippen molar-refractivity contribution >= 4 is 5.69 Å². The fourth-order valence-corrected chi connectivity index (χ4v) is 3.40. The summed E-state index contributed by atoms with van der Waals surface area (Å²) in [6.45, 7) is 6.53. The monoisotopic (exact) mass is 293 g/mol. The first-order valence-electron chi connectivity index (χ1n) is 7.77. The minimum Gasteiger partial charge on any atom is -0.379 e. The first-order valence-corrected chi connectivity index (χ1v) is 7.77. The standard InChI is InChI=1S/C16H24FN3O/c1-18-11-13-10-14(17)2-3-16(13)20-5-4-15(12-20)19-6-8-21-9-7-19/h2-3,10,15,18H,4-9,11-12H2,1H3. The second-order valence-corrected chi connectivity index (χ2v) is 5.84. The number of hydrogen-bond donors (Lipinski definition) is 1. The van der Waals surface area contributed by atoms with Gasteiger partial charge in [-0.3, -0.25) is 4.90 Å². The summed E-state index contributed by atoms with van der Waals surface area (Å²) in [6, 6.07) is 5.73. The number of rotatable bonds is 4. The first kappa shape index (κ1) is 14.8. The average molecular weight is 293 g/mol. The average Bonchev–Trinajstić information content (AvgIpc) is 2.98. The van der Waals surface area contributed by atoms with Crippen LogP contribution in [-0.2, 0) is 11.3 Å². The third-order valence-corrected chi connectivity index (χ3v) is 4.47. The SMILES string of the molecule is CNCc1cc(F)ccc1N1CCC(N2CCOCC2)C1. The van der Waals surface area contributed by atoms with E-state index in [-0.39, 0.29) is 5.82 Å². The van der Waals surface area contributed by atoms with Crippen molar-refractivity contribution in [2.24, 2.45) is 0 Å². The molecule has 0 aliphatic carbocycles. The topological polar surface area (TPSA) is 27.7 Å². The molecule has 0 spiro atoms. The Balaban J connectivity index is 1.70. The molecule has 2 aliphatic rings. The summed E-state index contributed by atoms with van der Waals surface area (Å²) < 4.78 is 18.9. The van der Waals surface area contributed by atoms with E-state index in [0.717, 1.165) is 45.0 Å². The number of benzene rings is 1. The molecular weight excluding hydrogens is 269 g/mol. The van der Waals surface area contributed by atoms with Crippen molar-refractivity contribution in [2.45, 2.75) is 19.0 Å². The minimum atomic E-state index is -0.159. The van der Waals surface area contributed by atoms with Gasteiger partial charge in [0, 0.05) is 44.5 Å². The molecule has 1 atom stereocenters. The van der Waals surface area contributed by atoms with Crippen molar-refractivity contribution in [1.82, 2.24) is 10.2 Å². The molecule has 2 fully saturated rings. The van der Waals surface area contributed by atoms with Gasteiger partial charge in [0.05, 0.1) is 13.2 Å². The van der Waals surface area contributed by atoms with Crippen LogP contribution >= 0.6 is 0 Å². The summed E-state index contributed by atoms with van der Waals surface area (Å²) in [7, 11) is 1.90. The Morgan fingerprint density at radius 1 is 1.29 bits per heavy atom. The van der Waals surface area contributed by atoms with Crippen LogP contribution in [0.15, 0.2) is 18.2 Å². The molecule has 1 N–H and O–H groups in total. The van der Waals surface area contributed by atoms with Crippen LogP contribution < -0.4 is 10.2 Å². The Hall–Kier alpha value is -1.17. The van der Waals surface area contributed by atoms with E-state index in [4.69, 9.17) is 4.74 Å². The summed E-state index contributed by atoms with van der Waals surface area (Å²) in [6.07, 6.45) is 1.18. The van der Waals surface area contributed by atoms with E-state index in [1.165, 1.54) is 12.1 Å². The highest BCUT2D eigenvalue weighted by Crippen LogP contribution is 2.27. The Labute approximate surface area is 125 Å². The number of nitrogens with one attached hydrogen (secondary N) is 1. The lowest BCUT2D eigenvalue weighted by atomic mass is 10.1. The molecule has 0 aromatic heterocycles. The molecule has 1 aromatic rings. The quantitative estimate of drug-likeness (QED) is 0.909. The largest absolute Gasteiger partial charge is 0.379 e. The third-order valence-electron chi connectivity index (χ3n) is 4.47. The zero-order valence-corrected chi connectivity index (χ0v) is 12.6. The van der Waals surface area contributed by atoms with Crippen LogP contribution in [0, 0.1) is 5.82 Å². The van der Waals surface area contributed by atoms with Gasteiger partial charge in [0.15, 0.2) is 0 Å².